The average molecular weight is 1790 g/mol. The third kappa shape index (κ3) is 45.4. The molecular weight excluding hydrogens is 1700 g/mol. The van der Waals surface area contributed by atoms with Crippen molar-refractivity contribution in [1.29, 1.82) is 0 Å². The number of benzene rings is 1. The van der Waals surface area contributed by atoms with Crippen molar-refractivity contribution in [3.63, 3.8) is 0 Å². The minimum absolute atomic E-state index is 0.0604. The highest BCUT2D eigenvalue weighted by Crippen LogP contribution is 2.53. The minimum Gasteiger partial charge on any atom is -0.436 e. The molecule has 0 saturated heterocycles. The molecule has 6 unspecified atom stereocenters. The third-order valence-corrected chi connectivity index (χ3v) is 45.6. The van der Waals surface area contributed by atoms with Crippen LogP contribution >= 0.6 is 0 Å². The summed E-state index contributed by atoms with van der Waals surface area (Å²) < 4.78 is 467. The van der Waals surface area contributed by atoms with Crippen molar-refractivity contribution in [2.45, 2.75) is 213 Å². The number of hydrogen-bond acceptors (Lipinski definition) is 15. The molecule has 1 aromatic carbocycles. The van der Waals surface area contributed by atoms with E-state index in [0.29, 0.717) is 31.0 Å². The zero-order chi connectivity index (χ0) is 85.5. The highest BCUT2D eigenvalue weighted by Gasteiger charge is 2.81. The van der Waals surface area contributed by atoms with Gasteiger partial charge in [0.05, 0.1) is 19.6 Å². The summed E-state index contributed by atoms with van der Waals surface area (Å²) in [5, 5.41) is 0. The molecule has 0 saturated carbocycles. The Balaban J connectivity index is -0.00000136. The quantitative estimate of drug-likeness (QED) is 0.0264. The van der Waals surface area contributed by atoms with Gasteiger partial charge in [-0.1, -0.05) is 37.3 Å². The van der Waals surface area contributed by atoms with Gasteiger partial charge < -0.3 is 56.9 Å². The molecule has 0 aliphatic rings. The smallest absolute Gasteiger partial charge is 0.436 e. The van der Waals surface area contributed by atoms with Gasteiger partial charge in [-0.25, -0.2) is 13.6 Å². The monoisotopic (exact) mass is 1790 g/mol. The van der Waals surface area contributed by atoms with Crippen LogP contribution in [0.3, 0.4) is 0 Å². The zero-order valence-electron chi connectivity index (χ0n) is 59.4. The molecule has 0 bridgehead atoms. The fraction of sp³-hybridized carbons (Fsp3) is 0.863. The summed E-state index contributed by atoms with van der Waals surface area (Å²) in [6.07, 6.45) is -52.2. The van der Waals surface area contributed by atoms with E-state index in [4.69, 9.17) is 61.4 Å². The number of rotatable bonds is 44. The first-order valence-corrected chi connectivity index (χ1v) is 51.1. The van der Waals surface area contributed by atoms with E-state index in [1.54, 1.807) is 31.1 Å². The maximum absolute atomic E-state index is 14.8. The Kier molecular flexibility index (Phi) is 47.5. The number of hydrogen-bond donors (Lipinski definition) is 0. The van der Waals surface area contributed by atoms with Crippen molar-refractivity contribution < 1.29 is 212 Å². The topological polar surface area (TPSA) is 146 Å². The summed E-state index contributed by atoms with van der Waals surface area (Å²) in [5.41, 5.74) is -5.05. The fourth-order valence-electron chi connectivity index (χ4n) is 9.32. The summed E-state index contributed by atoms with van der Waals surface area (Å²) in [6, 6.07) is 11.6. The minimum atomic E-state index is -6.88. The van der Waals surface area contributed by atoms with Crippen LogP contribution in [0.5, 0.6) is 0 Å². The van der Waals surface area contributed by atoms with Crippen molar-refractivity contribution in [1.82, 2.24) is 0 Å². The third-order valence-electron chi connectivity index (χ3n) is 13.5. The Labute approximate surface area is 602 Å². The first-order valence-electron chi connectivity index (χ1n) is 30.4. The lowest BCUT2D eigenvalue weighted by molar-refractivity contribution is -0.432. The molecule has 0 spiro atoms. The number of alkyl halides is 28. The summed E-state index contributed by atoms with van der Waals surface area (Å²) in [4.78, 5) is 9.87. The Bertz CT molecular complexity index is 2580. The van der Waals surface area contributed by atoms with E-state index in [1.807, 2.05) is 69.6 Å². The number of halogens is 33. The molecule has 1 rings (SSSR count). The molecule has 15 nitrogen and oxygen atoms in total. The summed E-state index contributed by atoms with van der Waals surface area (Å²) in [7, 11) is -21.1. The van der Waals surface area contributed by atoms with Gasteiger partial charge in [0.15, 0.2) is 23.5 Å². The number of carbonyl (C=O) groups excluding carboxylic acids is 1. The van der Waals surface area contributed by atoms with Crippen molar-refractivity contribution in [3.05, 3.63) is 35.9 Å². The lowest BCUT2D eigenvalue weighted by Gasteiger charge is -2.44. The van der Waals surface area contributed by atoms with Gasteiger partial charge in [0.2, 0.25) is 0 Å². The van der Waals surface area contributed by atoms with Gasteiger partial charge >= 0.3 is 120 Å². The number of ether oxygens (including phenoxy) is 4. The van der Waals surface area contributed by atoms with Crippen LogP contribution in [0.2, 0.25) is 102 Å². The lowest BCUT2D eigenvalue weighted by atomic mass is 9.97. The Hall–Kier alpha value is -2.24. The SMILES string of the molecule is CO[Si](CC[Si](C)(O[SiH](C)O[Si](C)(C)O[Si](C)(CCCOCC(F)(C(F)(F)F)C(F)(F)C(F)(F)F)O[Si](C)(C)CCCOCF)O[Si](C)(CC(C)c1ccccc1)O[Si](C)(C)CCCOCCC(F)(F)F)(OC)OC.FC(F)(F)COC(F)(F)C(F)(F)C(F)(F)F.FF.FOC(F)(F)CC(F)(F)F.O=C(F)F. The number of carbonyl (C=O) groups is 1. The molecule has 0 aliphatic carbocycles. The summed E-state index contributed by atoms with van der Waals surface area (Å²) in [6.45, 7) is 12.6. The van der Waals surface area contributed by atoms with E-state index < -0.39 is 188 Å². The molecule has 0 amide bonds. The maximum Gasteiger partial charge on any atom is 0.500 e. The van der Waals surface area contributed by atoms with Crippen LogP contribution in [0.4, 0.5) is 150 Å². The molecule has 1 aromatic rings. The molecule has 56 heteroatoms. The second-order valence-corrected chi connectivity index (χ2v) is 53.2. The Morgan fingerprint density at radius 2 is 0.916 bits per heavy atom. The molecule has 0 radical (unpaired) electrons. The first kappa shape index (κ1) is 111. The largest absolute Gasteiger partial charge is 0.500 e. The predicted octanol–water partition coefficient (Wildman–Crippen LogP) is 21.2. The molecular formula is C51H85F33O15Si8. The molecule has 6 atom stereocenters. The second-order valence-electron chi connectivity index (χ2n) is 24.8. The van der Waals surface area contributed by atoms with E-state index >= 15 is 0 Å². The second kappa shape index (κ2) is 45.7. The van der Waals surface area contributed by atoms with Crippen LogP contribution in [0.25, 0.3) is 0 Å². The standard InChI is InChI=1S/C42H81F13O12Si8.C5H2F10O.C3H2F6O.CF2O.F2/c1-36(37-21-16-15-17-22-37)33-74(14,65-70(8,9)28-18-24-59-27-23-39(45,46)47)67-72(12,31-32-75(56-2,57-3)58-4)63-68(5)62-71(10,11)66-73(13,64-69(6,7)29-19-26-61-35-43)30-20-25-60-34-38(44,41(50,51)52)40(48,49)42(53,54)55;6-2(7,8)1-16-5(14,15)3(9,10)4(11,12)13;4-2(5,6)1-3(7,8)10-9;2-1(3)4;1-2/h15-17,21-22,36,68H,18-20,23-35H2,1-14H3;1H2;1H2;;. The van der Waals surface area contributed by atoms with E-state index in [2.05, 4.69) is 16.4 Å². The van der Waals surface area contributed by atoms with E-state index in [0.717, 1.165) is 5.56 Å². The van der Waals surface area contributed by atoms with Gasteiger partial charge in [-0.3, -0.25) is 0 Å². The van der Waals surface area contributed by atoms with E-state index in [-0.39, 0.29) is 43.7 Å². The van der Waals surface area contributed by atoms with Crippen molar-refractivity contribution in [3.8, 4) is 0 Å². The maximum atomic E-state index is 14.8. The molecule has 0 N–H and O–H groups in total. The van der Waals surface area contributed by atoms with Crippen LogP contribution in [0.15, 0.2) is 30.3 Å². The molecule has 0 aromatic heterocycles. The zero-order valence-corrected chi connectivity index (χ0v) is 67.5. The van der Waals surface area contributed by atoms with Gasteiger partial charge in [0.25, 0.3) is 5.67 Å². The van der Waals surface area contributed by atoms with Gasteiger partial charge in [-0.15, -0.1) is 13.7 Å². The van der Waals surface area contributed by atoms with Gasteiger partial charge in [0, 0.05) is 56.3 Å². The van der Waals surface area contributed by atoms with Gasteiger partial charge in [-0.2, -0.15) is 114 Å². The Morgan fingerprint density at radius 3 is 1.30 bits per heavy atom. The van der Waals surface area contributed by atoms with Crippen molar-refractivity contribution in [2.75, 3.05) is 67.8 Å². The highest BCUT2D eigenvalue weighted by molar-refractivity contribution is 6.90. The summed E-state index contributed by atoms with van der Waals surface area (Å²) >= 11 is 0. The van der Waals surface area contributed by atoms with Crippen molar-refractivity contribution in [2.24, 2.45) is 0 Å². The van der Waals surface area contributed by atoms with Gasteiger partial charge in [0.1, 0.15) is 13.0 Å². The summed E-state index contributed by atoms with van der Waals surface area (Å²) in [5.74, 6) is -13.6. The van der Waals surface area contributed by atoms with E-state index in [1.165, 1.54) is 21.3 Å². The van der Waals surface area contributed by atoms with Crippen LogP contribution in [0.1, 0.15) is 50.5 Å². The molecule has 642 valence electrons. The fourth-order valence-corrected chi connectivity index (χ4v) is 46.9. The van der Waals surface area contributed by atoms with Crippen LogP contribution < -0.4 is 0 Å². The molecule has 107 heavy (non-hydrogen) atoms. The molecule has 0 aliphatic heterocycles. The highest BCUT2D eigenvalue weighted by atomic mass is 28.5. The van der Waals surface area contributed by atoms with Crippen LogP contribution in [0, 0.1) is 0 Å². The van der Waals surface area contributed by atoms with Crippen LogP contribution in [-0.2, 0) is 61.9 Å². The van der Waals surface area contributed by atoms with E-state index in [9.17, 15) is 136 Å². The molecule has 0 fully saturated rings. The van der Waals surface area contributed by atoms with Gasteiger partial charge in [-0.05, 0) is 131 Å². The molecule has 0 heterocycles. The normalized spacial score (nSPS) is 16.5. The predicted molar refractivity (Wildman–Crippen MR) is 332 cm³/mol. The lowest BCUT2D eigenvalue weighted by Crippen LogP contribution is -2.64. The average Bonchev–Trinajstić information content (AvgIpc) is 0.743. The van der Waals surface area contributed by atoms with Crippen LogP contribution in [-0.4, -0.2) is 210 Å². The Morgan fingerprint density at radius 1 is 0.486 bits per heavy atom. The first-order chi connectivity index (χ1) is 47.7. The van der Waals surface area contributed by atoms with Crippen molar-refractivity contribution >= 4 is 75.3 Å².